The number of hydrogen-bond acceptors (Lipinski definition) is 3. The lowest BCUT2D eigenvalue weighted by atomic mass is 10.00. The summed E-state index contributed by atoms with van der Waals surface area (Å²) in [7, 11) is 0. The van der Waals surface area contributed by atoms with E-state index in [9.17, 15) is 0 Å². The van der Waals surface area contributed by atoms with E-state index in [2.05, 4.69) is 44.9 Å². The second-order valence-corrected chi connectivity index (χ2v) is 5.56. The highest BCUT2D eigenvalue weighted by atomic mass is 32.1. The Morgan fingerprint density at radius 1 is 1.47 bits per heavy atom. The first-order valence-electron chi connectivity index (χ1n) is 6.20. The van der Waals surface area contributed by atoms with Crippen LogP contribution in [0.2, 0.25) is 0 Å². The van der Waals surface area contributed by atoms with Crippen LogP contribution >= 0.6 is 11.3 Å². The van der Waals surface area contributed by atoms with Gasteiger partial charge >= 0.3 is 0 Å². The molecule has 1 aliphatic rings. The Bertz CT molecular complexity index is 455. The lowest BCUT2D eigenvalue weighted by Crippen LogP contribution is -2.32. The Balaban J connectivity index is 1.68. The van der Waals surface area contributed by atoms with Crippen molar-refractivity contribution >= 4 is 11.3 Å². The van der Waals surface area contributed by atoms with Gasteiger partial charge in [0.1, 0.15) is 5.69 Å². The minimum absolute atomic E-state index is 0.736. The van der Waals surface area contributed by atoms with Gasteiger partial charge in [-0.25, -0.2) is 0 Å². The average molecular weight is 247 g/mol. The van der Waals surface area contributed by atoms with E-state index in [4.69, 9.17) is 0 Å². The second-order valence-electron chi connectivity index (χ2n) is 4.61. The van der Waals surface area contributed by atoms with E-state index in [1.807, 2.05) is 0 Å². The molecule has 0 amide bonds. The summed E-state index contributed by atoms with van der Waals surface area (Å²) >= 11 is 1.75. The molecule has 0 aromatic carbocycles. The standard InChI is InChI=1S/C13H17N3S/c1-3-11(9-14-6-1)10-16-7-5-12(15-16)13-4-2-8-17-13/h2,4-5,7-8,11,14H,1,3,6,9-10H2/t11-/m0/s1. The molecule has 0 aliphatic carbocycles. The molecule has 90 valence electrons. The molecular weight excluding hydrogens is 230 g/mol. The Morgan fingerprint density at radius 2 is 2.47 bits per heavy atom. The maximum atomic E-state index is 4.65. The van der Waals surface area contributed by atoms with Crippen molar-refractivity contribution in [1.82, 2.24) is 15.1 Å². The summed E-state index contributed by atoms with van der Waals surface area (Å²) in [5.74, 6) is 0.736. The SMILES string of the molecule is c1csc(-c2ccn(C[C@H]3CCCNC3)n2)c1. The van der Waals surface area contributed by atoms with Crippen molar-refractivity contribution in [1.29, 1.82) is 0 Å². The maximum Gasteiger partial charge on any atom is 0.102 e. The molecule has 2 aromatic heterocycles. The van der Waals surface area contributed by atoms with Crippen LogP contribution in [0.1, 0.15) is 12.8 Å². The highest BCUT2D eigenvalue weighted by Crippen LogP contribution is 2.22. The lowest BCUT2D eigenvalue weighted by molar-refractivity contribution is 0.325. The average Bonchev–Trinajstić information content (AvgIpc) is 3.00. The third-order valence-electron chi connectivity index (χ3n) is 3.26. The van der Waals surface area contributed by atoms with Crippen molar-refractivity contribution in [2.45, 2.75) is 19.4 Å². The van der Waals surface area contributed by atoms with Gasteiger partial charge in [0, 0.05) is 12.7 Å². The van der Waals surface area contributed by atoms with E-state index in [1.54, 1.807) is 11.3 Å². The zero-order chi connectivity index (χ0) is 11.5. The molecule has 1 atom stereocenters. The summed E-state index contributed by atoms with van der Waals surface area (Å²) in [5, 5.41) is 10.2. The van der Waals surface area contributed by atoms with Gasteiger partial charge in [-0.1, -0.05) is 6.07 Å². The Hall–Kier alpha value is -1.13. The molecule has 4 heteroatoms. The fraction of sp³-hybridized carbons (Fsp3) is 0.462. The van der Waals surface area contributed by atoms with E-state index in [-0.39, 0.29) is 0 Å². The molecule has 0 saturated carbocycles. The maximum absolute atomic E-state index is 4.65. The van der Waals surface area contributed by atoms with Gasteiger partial charge in [-0.3, -0.25) is 4.68 Å². The molecule has 1 saturated heterocycles. The summed E-state index contributed by atoms with van der Waals surface area (Å²) in [5.41, 5.74) is 1.10. The predicted octanol–water partition coefficient (Wildman–Crippen LogP) is 2.61. The van der Waals surface area contributed by atoms with Crippen molar-refractivity contribution in [2.75, 3.05) is 13.1 Å². The summed E-state index contributed by atoms with van der Waals surface area (Å²) in [6.07, 6.45) is 4.72. The van der Waals surface area contributed by atoms with Crippen LogP contribution in [0.25, 0.3) is 10.6 Å². The smallest absolute Gasteiger partial charge is 0.102 e. The molecular formula is C13H17N3S. The molecule has 0 radical (unpaired) electrons. The van der Waals surface area contributed by atoms with E-state index >= 15 is 0 Å². The van der Waals surface area contributed by atoms with E-state index < -0.39 is 0 Å². The molecule has 1 N–H and O–H groups in total. The van der Waals surface area contributed by atoms with Gasteiger partial charge in [-0.2, -0.15) is 5.10 Å². The third kappa shape index (κ3) is 2.58. The highest BCUT2D eigenvalue weighted by molar-refractivity contribution is 7.13. The van der Waals surface area contributed by atoms with Crippen LogP contribution in [0, 0.1) is 5.92 Å². The first-order valence-corrected chi connectivity index (χ1v) is 7.08. The van der Waals surface area contributed by atoms with Crippen molar-refractivity contribution in [3.05, 3.63) is 29.8 Å². The highest BCUT2D eigenvalue weighted by Gasteiger charge is 2.14. The molecule has 3 heterocycles. The van der Waals surface area contributed by atoms with Crippen LogP contribution in [-0.2, 0) is 6.54 Å². The topological polar surface area (TPSA) is 29.9 Å². The Morgan fingerprint density at radius 3 is 3.24 bits per heavy atom. The van der Waals surface area contributed by atoms with Gasteiger partial charge in [-0.15, -0.1) is 11.3 Å². The molecule has 0 unspecified atom stereocenters. The second kappa shape index (κ2) is 5.02. The molecule has 0 bridgehead atoms. The summed E-state index contributed by atoms with van der Waals surface area (Å²) in [4.78, 5) is 1.26. The molecule has 3 rings (SSSR count). The van der Waals surface area contributed by atoms with Gasteiger partial charge in [0.15, 0.2) is 0 Å². The Kier molecular flexibility index (Phi) is 3.25. The molecule has 1 aliphatic heterocycles. The summed E-state index contributed by atoms with van der Waals surface area (Å²) < 4.78 is 2.09. The number of thiophene rings is 1. The first-order chi connectivity index (χ1) is 8.42. The number of rotatable bonds is 3. The van der Waals surface area contributed by atoms with Crippen molar-refractivity contribution in [3.8, 4) is 10.6 Å². The first kappa shape index (κ1) is 11.0. The number of piperidine rings is 1. The van der Waals surface area contributed by atoms with Gasteiger partial charge in [0.05, 0.1) is 4.88 Å². The lowest BCUT2D eigenvalue weighted by Gasteiger charge is -2.22. The minimum Gasteiger partial charge on any atom is -0.316 e. The van der Waals surface area contributed by atoms with Crippen LogP contribution in [0.15, 0.2) is 29.8 Å². The van der Waals surface area contributed by atoms with Crippen molar-refractivity contribution < 1.29 is 0 Å². The molecule has 0 spiro atoms. The fourth-order valence-corrected chi connectivity index (χ4v) is 3.05. The molecule has 3 nitrogen and oxygen atoms in total. The van der Waals surface area contributed by atoms with Gasteiger partial charge in [-0.05, 0) is 49.4 Å². The molecule has 2 aromatic rings. The summed E-state index contributed by atoms with van der Waals surface area (Å²) in [6.45, 7) is 3.35. The van der Waals surface area contributed by atoms with E-state index in [0.717, 1.165) is 24.7 Å². The van der Waals surface area contributed by atoms with Crippen LogP contribution in [0.5, 0.6) is 0 Å². The third-order valence-corrected chi connectivity index (χ3v) is 4.15. The quantitative estimate of drug-likeness (QED) is 0.903. The van der Waals surface area contributed by atoms with E-state index in [1.165, 1.54) is 24.3 Å². The van der Waals surface area contributed by atoms with Crippen LogP contribution in [0.4, 0.5) is 0 Å². The van der Waals surface area contributed by atoms with Crippen LogP contribution < -0.4 is 5.32 Å². The fourth-order valence-electron chi connectivity index (χ4n) is 2.36. The largest absolute Gasteiger partial charge is 0.316 e. The normalized spacial score (nSPS) is 20.6. The van der Waals surface area contributed by atoms with Crippen LogP contribution in [-0.4, -0.2) is 22.9 Å². The van der Waals surface area contributed by atoms with Gasteiger partial charge < -0.3 is 5.32 Å². The predicted molar refractivity (Wildman–Crippen MR) is 71.1 cm³/mol. The van der Waals surface area contributed by atoms with Crippen molar-refractivity contribution in [3.63, 3.8) is 0 Å². The zero-order valence-electron chi connectivity index (χ0n) is 9.80. The van der Waals surface area contributed by atoms with E-state index in [0.29, 0.717) is 0 Å². The number of aromatic nitrogens is 2. The van der Waals surface area contributed by atoms with Crippen molar-refractivity contribution in [2.24, 2.45) is 5.92 Å². The molecule has 17 heavy (non-hydrogen) atoms. The van der Waals surface area contributed by atoms with Crippen LogP contribution in [0.3, 0.4) is 0 Å². The monoisotopic (exact) mass is 247 g/mol. The van der Waals surface area contributed by atoms with Gasteiger partial charge in [0.2, 0.25) is 0 Å². The Labute approximate surface area is 105 Å². The van der Waals surface area contributed by atoms with Gasteiger partial charge in [0.25, 0.3) is 0 Å². The minimum atomic E-state index is 0.736. The number of nitrogens with zero attached hydrogens (tertiary/aromatic N) is 2. The number of hydrogen-bond donors (Lipinski definition) is 1. The number of nitrogens with one attached hydrogen (secondary N) is 1. The zero-order valence-corrected chi connectivity index (χ0v) is 10.6. The summed E-state index contributed by atoms with van der Waals surface area (Å²) in [6, 6.07) is 6.31. The molecule has 1 fully saturated rings.